The quantitative estimate of drug-likeness (QED) is 0.836. The molecule has 84 valence electrons. The molecule has 1 aromatic rings. The fourth-order valence-electron chi connectivity index (χ4n) is 0.861. The van der Waals surface area contributed by atoms with Gasteiger partial charge in [-0.25, -0.2) is 4.98 Å². The molecule has 0 radical (unpaired) electrons. The number of halogens is 1. The normalized spacial score (nSPS) is 11.2. The van der Waals surface area contributed by atoms with Gasteiger partial charge in [-0.2, -0.15) is 0 Å². The first kappa shape index (κ1) is 12.3. The minimum Gasteiger partial charge on any atom is -0.459 e. The summed E-state index contributed by atoms with van der Waals surface area (Å²) < 4.78 is 5.11. The third-order valence-electron chi connectivity index (χ3n) is 1.28. The summed E-state index contributed by atoms with van der Waals surface area (Å²) in [5.74, 6) is -0.311. The standard InChI is InChI=1S/C9H13ClN2O2S/c1-9(2,3)14-7(13)4-11-8-12-6(10)5-15-8/h5H,4H2,1-3H3,(H,11,12). The molecule has 0 aliphatic heterocycles. The Morgan fingerprint density at radius 3 is 2.80 bits per heavy atom. The maximum absolute atomic E-state index is 11.3. The maximum atomic E-state index is 11.3. The lowest BCUT2D eigenvalue weighted by molar-refractivity contribution is -0.152. The van der Waals surface area contributed by atoms with Crippen molar-refractivity contribution >= 4 is 34.0 Å². The monoisotopic (exact) mass is 248 g/mol. The number of thiazole rings is 1. The average molecular weight is 249 g/mol. The highest BCUT2D eigenvalue weighted by Crippen LogP contribution is 2.18. The van der Waals surface area contributed by atoms with Crippen LogP contribution in [0.25, 0.3) is 0 Å². The van der Waals surface area contributed by atoms with Gasteiger partial charge in [0.05, 0.1) is 0 Å². The molecule has 0 amide bonds. The number of nitrogens with one attached hydrogen (secondary N) is 1. The van der Waals surface area contributed by atoms with Crippen molar-refractivity contribution in [3.63, 3.8) is 0 Å². The van der Waals surface area contributed by atoms with Gasteiger partial charge in [0, 0.05) is 5.38 Å². The summed E-state index contributed by atoms with van der Waals surface area (Å²) in [5, 5.41) is 5.57. The molecule has 0 aromatic carbocycles. The van der Waals surface area contributed by atoms with Gasteiger partial charge in [-0.15, -0.1) is 11.3 Å². The van der Waals surface area contributed by atoms with E-state index in [4.69, 9.17) is 16.3 Å². The molecule has 4 nitrogen and oxygen atoms in total. The molecule has 0 saturated heterocycles. The molecule has 0 saturated carbocycles. The van der Waals surface area contributed by atoms with Crippen molar-refractivity contribution in [1.29, 1.82) is 0 Å². The third-order valence-corrected chi connectivity index (χ3v) is 2.40. The predicted molar refractivity (Wildman–Crippen MR) is 61.5 cm³/mol. The molecular weight excluding hydrogens is 236 g/mol. The van der Waals surface area contributed by atoms with Gasteiger partial charge in [-0.05, 0) is 20.8 Å². The van der Waals surface area contributed by atoms with E-state index in [-0.39, 0.29) is 12.5 Å². The van der Waals surface area contributed by atoms with Crippen molar-refractivity contribution in [2.75, 3.05) is 11.9 Å². The average Bonchev–Trinajstić information content (AvgIpc) is 2.45. The Labute approximate surface area is 97.6 Å². The van der Waals surface area contributed by atoms with Crippen LogP contribution in [0.15, 0.2) is 5.38 Å². The molecule has 1 N–H and O–H groups in total. The smallest absolute Gasteiger partial charge is 0.325 e. The Balaban J connectivity index is 2.35. The van der Waals surface area contributed by atoms with E-state index in [0.29, 0.717) is 10.3 Å². The number of esters is 1. The highest BCUT2D eigenvalue weighted by atomic mass is 35.5. The van der Waals surface area contributed by atoms with Gasteiger partial charge in [0.25, 0.3) is 0 Å². The summed E-state index contributed by atoms with van der Waals surface area (Å²) in [6, 6.07) is 0. The Morgan fingerprint density at radius 1 is 1.67 bits per heavy atom. The van der Waals surface area contributed by atoms with Crippen molar-refractivity contribution in [2.24, 2.45) is 0 Å². The number of anilines is 1. The topological polar surface area (TPSA) is 51.2 Å². The second kappa shape index (κ2) is 4.81. The number of ether oxygens (including phenoxy) is 1. The van der Waals surface area contributed by atoms with Crippen molar-refractivity contribution in [3.05, 3.63) is 10.5 Å². The van der Waals surface area contributed by atoms with Crippen LogP contribution in [-0.2, 0) is 9.53 Å². The van der Waals surface area contributed by atoms with Crippen LogP contribution in [0, 0.1) is 0 Å². The van der Waals surface area contributed by atoms with E-state index in [0.717, 1.165) is 0 Å². The maximum Gasteiger partial charge on any atom is 0.325 e. The Kier molecular flexibility index (Phi) is 3.93. The summed E-state index contributed by atoms with van der Waals surface area (Å²) in [4.78, 5) is 15.2. The first-order chi connectivity index (χ1) is 6.87. The van der Waals surface area contributed by atoms with E-state index < -0.39 is 5.60 Å². The molecule has 6 heteroatoms. The number of hydrogen-bond donors (Lipinski definition) is 1. The van der Waals surface area contributed by atoms with Gasteiger partial charge in [0.1, 0.15) is 17.3 Å². The SMILES string of the molecule is CC(C)(C)OC(=O)CNc1nc(Cl)cs1. The number of carbonyl (C=O) groups is 1. The van der Waals surface area contributed by atoms with E-state index >= 15 is 0 Å². The zero-order valence-corrected chi connectivity index (χ0v) is 10.4. The molecule has 0 aliphatic rings. The molecule has 1 aromatic heterocycles. The lowest BCUT2D eigenvalue weighted by atomic mass is 10.2. The van der Waals surface area contributed by atoms with Crippen molar-refractivity contribution in [2.45, 2.75) is 26.4 Å². The van der Waals surface area contributed by atoms with Crippen molar-refractivity contribution < 1.29 is 9.53 Å². The molecule has 0 aliphatic carbocycles. The number of carbonyl (C=O) groups excluding carboxylic acids is 1. The van der Waals surface area contributed by atoms with Gasteiger partial charge < -0.3 is 10.1 Å². The zero-order valence-electron chi connectivity index (χ0n) is 8.83. The van der Waals surface area contributed by atoms with E-state index in [2.05, 4.69) is 10.3 Å². The predicted octanol–water partition coefficient (Wildman–Crippen LogP) is 2.55. The van der Waals surface area contributed by atoms with E-state index in [1.807, 2.05) is 20.8 Å². The second-order valence-corrected chi connectivity index (χ2v) is 5.16. The summed E-state index contributed by atoms with van der Waals surface area (Å²) >= 11 is 6.97. The Morgan fingerprint density at radius 2 is 2.33 bits per heavy atom. The Hall–Kier alpha value is -0.810. The highest BCUT2D eigenvalue weighted by Gasteiger charge is 2.16. The van der Waals surface area contributed by atoms with Crippen LogP contribution in [0.5, 0.6) is 0 Å². The number of aromatic nitrogens is 1. The number of nitrogens with zero attached hydrogens (tertiary/aromatic N) is 1. The Bertz CT molecular complexity index is 346. The largest absolute Gasteiger partial charge is 0.459 e. The second-order valence-electron chi connectivity index (χ2n) is 3.92. The van der Waals surface area contributed by atoms with Gasteiger partial charge in [-0.3, -0.25) is 4.79 Å². The lowest BCUT2D eigenvalue weighted by Crippen LogP contribution is -2.28. The fourth-order valence-corrected chi connectivity index (χ4v) is 1.70. The summed E-state index contributed by atoms with van der Waals surface area (Å²) in [5.41, 5.74) is -0.459. The van der Waals surface area contributed by atoms with Crippen molar-refractivity contribution in [3.8, 4) is 0 Å². The highest BCUT2D eigenvalue weighted by molar-refractivity contribution is 7.14. The number of rotatable bonds is 3. The van der Waals surface area contributed by atoms with Gasteiger partial charge in [0.15, 0.2) is 5.13 Å². The lowest BCUT2D eigenvalue weighted by Gasteiger charge is -2.19. The molecule has 1 heterocycles. The van der Waals surface area contributed by atoms with Crippen LogP contribution >= 0.6 is 22.9 Å². The van der Waals surface area contributed by atoms with Gasteiger partial charge >= 0.3 is 5.97 Å². The molecule has 0 spiro atoms. The van der Waals surface area contributed by atoms with Crippen LogP contribution in [0.4, 0.5) is 5.13 Å². The zero-order chi connectivity index (χ0) is 11.5. The van der Waals surface area contributed by atoms with Crippen LogP contribution in [0.2, 0.25) is 5.15 Å². The molecule has 0 bridgehead atoms. The fraction of sp³-hybridized carbons (Fsp3) is 0.556. The minimum absolute atomic E-state index is 0.0983. The number of hydrogen-bond acceptors (Lipinski definition) is 5. The van der Waals surface area contributed by atoms with E-state index in [9.17, 15) is 4.79 Å². The first-order valence-corrected chi connectivity index (χ1v) is 5.69. The molecule has 1 rings (SSSR count). The van der Waals surface area contributed by atoms with Gasteiger partial charge in [0.2, 0.25) is 0 Å². The molecule has 0 fully saturated rings. The molecular formula is C9H13ClN2O2S. The molecule has 0 atom stereocenters. The van der Waals surface area contributed by atoms with Crippen LogP contribution in [-0.4, -0.2) is 23.1 Å². The first-order valence-electron chi connectivity index (χ1n) is 4.43. The molecule has 15 heavy (non-hydrogen) atoms. The molecule has 0 unspecified atom stereocenters. The minimum atomic E-state index is -0.459. The third kappa shape index (κ3) is 4.99. The van der Waals surface area contributed by atoms with E-state index in [1.54, 1.807) is 5.38 Å². The van der Waals surface area contributed by atoms with Gasteiger partial charge in [-0.1, -0.05) is 11.6 Å². The van der Waals surface area contributed by atoms with Crippen LogP contribution < -0.4 is 5.32 Å². The van der Waals surface area contributed by atoms with Crippen molar-refractivity contribution in [1.82, 2.24) is 4.98 Å². The van der Waals surface area contributed by atoms with Crippen LogP contribution in [0.3, 0.4) is 0 Å². The van der Waals surface area contributed by atoms with E-state index in [1.165, 1.54) is 11.3 Å². The summed E-state index contributed by atoms with van der Waals surface area (Å²) in [6.07, 6.45) is 0. The van der Waals surface area contributed by atoms with Crippen LogP contribution in [0.1, 0.15) is 20.8 Å². The summed E-state index contributed by atoms with van der Waals surface area (Å²) in [6.45, 7) is 5.57. The summed E-state index contributed by atoms with van der Waals surface area (Å²) in [7, 11) is 0.